The van der Waals surface area contributed by atoms with Crippen molar-refractivity contribution >= 4 is 12.0 Å². The number of rotatable bonds is 5. The van der Waals surface area contributed by atoms with Crippen LogP contribution in [0.3, 0.4) is 0 Å². The van der Waals surface area contributed by atoms with Gasteiger partial charge in [-0.3, -0.25) is 5.10 Å². The van der Waals surface area contributed by atoms with Crippen LogP contribution in [0.25, 0.3) is 0 Å². The van der Waals surface area contributed by atoms with Crippen LogP contribution in [0, 0.1) is 5.92 Å². The highest BCUT2D eigenvalue weighted by Crippen LogP contribution is 2.33. The summed E-state index contributed by atoms with van der Waals surface area (Å²) in [4.78, 5) is 23.5. The number of carbonyl (C=O) groups is 2. The summed E-state index contributed by atoms with van der Waals surface area (Å²) < 4.78 is 0. The van der Waals surface area contributed by atoms with E-state index in [2.05, 4.69) is 27.8 Å². The molecule has 1 heterocycles. The molecule has 0 radical (unpaired) electrons. The van der Waals surface area contributed by atoms with Crippen LogP contribution in [0.1, 0.15) is 44.6 Å². The number of hydrogen-bond donors (Lipinski definition) is 4. The molecule has 116 valence electrons. The van der Waals surface area contributed by atoms with Crippen LogP contribution in [-0.2, 0) is 11.3 Å². The Labute approximate surface area is 123 Å². The van der Waals surface area contributed by atoms with Gasteiger partial charge in [-0.2, -0.15) is 5.10 Å². The molecule has 21 heavy (non-hydrogen) atoms. The molecule has 2 amide bonds. The number of carboxylic acids is 1. The first-order chi connectivity index (χ1) is 10.1. The number of nitrogens with zero attached hydrogens (tertiary/aromatic N) is 1. The van der Waals surface area contributed by atoms with Crippen molar-refractivity contribution in [3.05, 3.63) is 18.0 Å². The molecule has 7 heteroatoms. The summed E-state index contributed by atoms with van der Waals surface area (Å²) in [5.41, 5.74) is -0.296. The van der Waals surface area contributed by atoms with Crippen molar-refractivity contribution in [3.8, 4) is 0 Å². The lowest BCUT2D eigenvalue weighted by Gasteiger charge is -2.37. The molecule has 1 aliphatic carbocycles. The van der Waals surface area contributed by atoms with E-state index in [9.17, 15) is 14.7 Å². The van der Waals surface area contributed by atoms with Gasteiger partial charge >= 0.3 is 12.0 Å². The van der Waals surface area contributed by atoms with Crippen LogP contribution in [0.15, 0.2) is 12.4 Å². The Hall–Kier alpha value is -2.05. The zero-order valence-electron chi connectivity index (χ0n) is 12.2. The average Bonchev–Trinajstić information content (AvgIpc) is 2.99. The minimum absolute atomic E-state index is 0.315. The highest BCUT2D eigenvalue weighted by atomic mass is 16.4. The standard InChI is InChI=1S/C14H22N4O3/c1-2-10-3-5-14(6-4-10,12(19)20)18-13(21)15-7-11-8-16-17-9-11/h8-10H,2-7H2,1H3,(H,16,17)(H,19,20)(H2,15,18,21). The van der Waals surface area contributed by atoms with Gasteiger partial charge in [-0.15, -0.1) is 0 Å². The highest BCUT2D eigenvalue weighted by molar-refractivity contribution is 5.86. The largest absolute Gasteiger partial charge is 0.480 e. The second-order valence-corrected chi connectivity index (χ2v) is 5.65. The van der Waals surface area contributed by atoms with Gasteiger partial charge in [0.2, 0.25) is 0 Å². The molecule has 0 saturated heterocycles. The molecule has 0 atom stereocenters. The van der Waals surface area contributed by atoms with Gasteiger partial charge in [0.15, 0.2) is 0 Å². The summed E-state index contributed by atoms with van der Waals surface area (Å²) in [5.74, 6) is -0.385. The molecule has 1 aromatic heterocycles. The number of H-pyrrole nitrogens is 1. The van der Waals surface area contributed by atoms with E-state index >= 15 is 0 Å². The van der Waals surface area contributed by atoms with E-state index in [1.807, 2.05) is 0 Å². The third-order valence-electron chi connectivity index (χ3n) is 4.31. The molecule has 0 aromatic carbocycles. The number of hydrogen-bond acceptors (Lipinski definition) is 3. The Balaban J connectivity index is 1.90. The quantitative estimate of drug-likeness (QED) is 0.662. The monoisotopic (exact) mass is 294 g/mol. The lowest BCUT2D eigenvalue weighted by Crippen LogP contribution is -2.58. The van der Waals surface area contributed by atoms with E-state index in [0.717, 1.165) is 24.8 Å². The molecule has 0 unspecified atom stereocenters. The first kappa shape index (κ1) is 15.3. The summed E-state index contributed by atoms with van der Waals surface area (Å²) in [6.45, 7) is 2.43. The molecule has 7 nitrogen and oxygen atoms in total. The Morgan fingerprint density at radius 3 is 2.71 bits per heavy atom. The summed E-state index contributed by atoms with van der Waals surface area (Å²) in [7, 11) is 0. The van der Waals surface area contributed by atoms with Gasteiger partial charge in [-0.05, 0) is 31.6 Å². The number of aliphatic carboxylic acids is 1. The van der Waals surface area contributed by atoms with Crippen molar-refractivity contribution in [2.75, 3.05) is 0 Å². The summed E-state index contributed by atoms with van der Waals surface area (Å²) >= 11 is 0. The minimum Gasteiger partial charge on any atom is -0.480 e. The lowest BCUT2D eigenvalue weighted by molar-refractivity contribution is -0.146. The van der Waals surface area contributed by atoms with Crippen LogP contribution < -0.4 is 10.6 Å². The van der Waals surface area contributed by atoms with Gasteiger partial charge in [0, 0.05) is 18.3 Å². The topological polar surface area (TPSA) is 107 Å². The van der Waals surface area contributed by atoms with Gasteiger partial charge in [-0.1, -0.05) is 13.3 Å². The summed E-state index contributed by atoms with van der Waals surface area (Å²) in [6.07, 6.45) is 7.00. The lowest BCUT2D eigenvalue weighted by atomic mass is 9.75. The molecular formula is C14H22N4O3. The van der Waals surface area contributed by atoms with Crippen molar-refractivity contribution in [1.29, 1.82) is 0 Å². The SMILES string of the molecule is CCC1CCC(NC(=O)NCc2cn[nH]c2)(C(=O)O)CC1. The van der Waals surface area contributed by atoms with Gasteiger partial charge in [-0.25, -0.2) is 9.59 Å². The van der Waals surface area contributed by atoms with E-state index in [4.69, 9.17) is 0 Å². The molecule has 1 fully saturated rings. The average molecular weight is 294 g/mol. The number of carbonyl (C=O) groups excluding carboxylic acids is 1. The Kier molecular flexibility index (Phi) is 4.82. The van der Waals surface area contributed by atoms with Crippen molar-refractivity contribution in [2.45, 2.75) is 51.1 Å². The normalized spacial score (nSPS) is 25.3. The third-order valence-corrected chi connectivity index (χ3v) is 4.31. The van der Waals surface area contributed by atoms with Gasteiger partial charge in [0.25, 0.3) is 0 Å². The maximum atomic E-state index is 12.0. The molecule has 1 aliphatic rings. The second kappa shape index (κ2) is 6.60. The fourth-order valence-corrected chi connectivity index (χ4v) is 2.79. The second-order valence-electron chi connectivity index (χ2n) is 5.65. The van der Waals surface area contributed by atoms with E-state index in [-0.39, 0.29) is 0 Å². The molecule has 4 N–H and O–H groups in total. The van der Waals surface area contributed by atoms with Crippen LogP contribution in [0.4, 0.5) is 4.79 Å². The highest BCUT2D eigenvalue weighted by Gasteiger charge is 2.42. The molecule has 0 aliphatic heterocycles. The molecule has 1 aromatic rings. The maximum Gasteiger partial charge on any atom is 0.329 e. The minimum atomic E-state index is -1.13. The fraction of sp³-hybridized carbons (Fsp3) is 0.643. The van der Waals surface area contributed by atoms with Crippen molar-refractivity contribution in [1.82, 2.24) is 20.8 Å². The predicted molar refractivity (Wildman–Crippen MR) is 76.6 cm³/mol. The molecule has 1 saturated carbocycles. The van der Waals surface area contributed by atoms with E-state index in [1.165, 1.54) is 0 Å². The number of amides is 2. The van der Waals surface area contributed by atoms with Gasteiger partial charge < -0.3 is 15.7 Å². The van der Waals surface area contributed by atoms with Crippen LogP contribution in [0.5, 0.6) is 0 Å². The summed E-state index contributed by atoms with van der Waals surface area (Å²) in [5, 5.41) is 21.3. The number of nitrogens with one attached hydrogen (secondary N) is 3. The van der Waals surface area contributed by atoms with E-state index in [1.54, 1.807) is 12.4 Å². The van der Waals surface area contributed by atoms with Crippen molar-refractivity contribution < 1.29 is 14.7 Å². The van der Waals surface area contributed by atoms with Crippen LogP contribution in [0.2, 0.25) is 0 Å². The van der Waals surface area contributed by atoms with Crippen molar-refractivity contribution in [2.24, 2.45) is 5.92 Å². The van der Waals surface area contributed by atoms with E-state index < -0.39 is 17.5 Å². The van der Waals surface area contributed by atoms with Crippen LogP contribution in [-0.4, -0.2) is 32.8 Å². The smallest absolute Gasteiger partial charge is 0.329 e. The fourth-order valence-electron chi connectivity index (χ4n) is 2.79. The number of carboxylic acid groups (broad SMARTS) is 1. The first-order valence-electron chi connectivity index (χ1n) is 7.33. The van der Waals surface area contributed by atoms with Gasteiger partial charge in [0.05, 0.1) is 6.20 Å². The third kappa shape index (κ3) is 3.74. The first-order valence-corrected chi connectivity index (χ1v) is 7.33. The zero-order valence-corrected chi connectivity index (χ0v) is 12.2. The van der Waals surface area contributed by atoms with Crippen molar-refractivity contribution in [3.63, 3.8) is 0 Å². The Morgan fingerprint density at radius 2 is 2.19 bits per heavy atom. The zero-order chi connectivity index (χ0) is 15.3. The number of urea groups is 1. The van der Waals surface area contributed by atoms with Gasteiger partial charge in [0.1, 0.15) is 5.54 Å². The van der Waals surface area contributed by atoms with Crippen LogP contribution >= 0.6 is 0 Å². The molecule has 0 spiro atoms. The molecule has 0 bridgehead atoms. The molecule has 2 rings (SSSR count). The Morgan fingerprint density at radius 1 is 1.48 bits per heavy atom. The predicted octanol–water partition coefficient (Wildman–Crippen LogP) is 1.63. The molecular weight excluding hydrogens is 272 g/mol. The number of aromatic nitrogens is 2. The maximum absolute atomic E-state index is 12.0. The Bertz CT molecular complexity index is 478. The van der Waals surface area contributed by atoms with E-state index in [0.29, 0.717) is 25.3 Å². The summed E-state index contributed by atoms with van der Waals surface area (Å²) in [6, 6.07) is -0.450. The number of aromatic amines is 1.